The lowest BCUT2D eigenvalue weighted by atomic mass is 10.2. The minimum Gasteiger partial charge on any atom is -0.484 e. The first kappa shape index (κ1) is 18.1. The largest absolute Gasteiger partial charge is 0.484 e. The van der Waals surface area contributed by atoms with Gasteiger partial charge in [0.1, 0.15) is 11.8 Å². The van der Waals surface area contributed by atoms with E-state index in [1.807, 2.05) is 24.3 Å². The van der Waals surface area contributed by atoms with E-state index in [9.17, 15) is 18.0 Å². The Morgan fingerprint density at radius 2 is 1.88 bits per heavy atom. The van der Waals surface area contributed by atoms with Crippen LogP contribution in [0, 0.1) is 0 Å². The molecule has 1 aliphatic heterocycles. The maximum Gasteiger partial charge on any atom is 0.422 e. The number of halogens is 3. The van der Waals surface area contributed by atoms with Crippen molar-refractivity contribution in [1.82, 2.24) is 0 Å². The summed E-state index contributed by atoms with van der Waals surface area (Å²) in [5.74, 6) is 0.0765. The van der Waals surface area contributed by atoms with E-state index in [-0.39, 0.29) is 11.7 Å². The average Bonchev–Trinajstić information content (AvgIpc) is 3.04. The normalized spacial score (nSPS) is 14.7. The van der Waals surface area contributed by atoms with Crippen LogP contribution in [0.2, 0.25) is 0 Å². The molecule has 0 aromatic heterocycles. The van der Waals surface area contributed by atoms with E-state index >= 15 is 0 Å². The van der Waals surface area contributed by atoms with Crippen LogP contribution in [0.1, 0.15) is 12.5 Å². The van der Waals surface area contributed by atoms with Crippen LogP contribution in [0.3, 0.4) is 0 Å². The van der Waals surface area contributed by atoms with Gasteiger partial charge in [-0.1, -0.05) is 18.2 Å². The van der Waals surface area contributed by atoms with Crippen LogP contribution in [0.5, 0.6) is 5.75 Å². The Kier molecular flexibility index (Phi) is 5.06. The molecule has 1 atom stereocenters. The quantitative estimate of drug-likeness (QED) is 0.871. The first-order chi connectivity index (χ1) is 12.3. The molecule has 138 valence electrons. The molecule has 3 rings (SSSR count). The van der Waals surface area contributed by atoms with E-state index in [1.165, 1.54) is 12.1 Å². The first-order valence-corrected chi connectivity index (χ1v) is 8.29. The number of carbonyl (C=O) groups excluding carboxylic acids is 1. The third-order valence-electron chi connectivity index (χ3n) is 4.16. The molecule has 0 fully saturated rings. The smallest absolute Gasteiger partial charge is 0.422 e. The molecule has 4 nitrogen and oxygen atoms in total. The van der Waals surface area contributed by atoms with Gasteiger partial charge in [0.2, 0.25) is 5.91 Å². The molecule has 1 aliphatic rings. The summed E-state index contributed by atoms with van der Waals surface area (Å²) in [7, 11) is 0. The van der Waals surface area contributed by atoms with Gasteiger partial charge in [0.15, 0.2) is 6.61 Å². The molecule has 1 N–H and O–H groups in total. The summed E-state index contributed by atoms with van der Waals surface area (Å²) in [5.41, 5.74) is 2.72. The van der Waals surface area contributed by atoms with Crippen LogP contribution in [0.4, 0.5) is 24.5 Å². The number of hydrogen-bond acceptors (Lipinski definition) is 3. The highest BCUT2D eigenvalue weighted by atomic mass is 19.4. The second-order valence-electron chi connectivity index (χ2n) is 6.16. The minimum absolute atomic E-state index is 0.0488. The Bertz CT molecular complexity index is 775. The van der Waals surface area contributed by atoms with Gasteiger partial charge in [0.05, 0.1) is 0 Å². The lowest BCUT2D eigenvalue weighted by Crippen LogP contribution is -2.40. The number of benzene rings is 2. The number of ether oxygens (including phenoxy) is 1. The number of alkyl halides is 3. The van der Waals surface area contributed by atoms with E-state index in [0.717, 1.165) is 17.7 Å². The molecule has 0 aliphatic carbocycles. The predicted octanol–water partition coefficient (Wildman–Crippen LogP) is 4.02. The van der Waals surface area contributed by atoms with Gasteiger partial charge in [-0.2, -0.15) is 13.2 Å². The second-order valence-corrected chi connectivity index (χ2v) is 6.16. The van der Waals surface area contributed by atoms with Crippen LogP contribution >= 0.6 is 0 Å². The second kappa shape index (κ2) is 7.27. The fourth-order valence-corrected chi connectivity index (χ4v) is 2.93. The lowest BCUT2D eigenvalue weighted by Gasteiger charge is -2.23. The van der Waals surface area contributed by atoms with Crippen LogP contribution < -0.4 is 15.0 Å². The number of nitrogens with one attached hydrogen (secondary N) is 1. The fourth-order valence-electron chi connectivity index (χ4n) is 2.93. The zero-order valence-corrected chi connectivity index (χ0v) is 14.2. The molecule has 26 heavy (non-hydrogen) atoms. The fraction of sp³-hybridized carbons (Fsp3) is 0.316. The van der Waals surface area contributed by atoms with Gasteiger partial charge < -0.3 is 15.0 Å². The highest BCUT2D eigenvalue weighted by Crippen LogP contribution is 2.28. The van der Waals surface area contributed by atoms with Crippen LogP contribution in [0.25, 0.3) is 0 Å². The van der Waals surface area contributed by atoms with Crippen LogP contribution in [-0.2, 0) is 11.2 Å². The summed E-state index contributed by atoms with van der Waals surface area (Å²) < 4.78 is 41.1. The maximum absolute atomic E-state index is 12.7. The summed E-state index contributed by atoms with van der Waals surface area (Å²) in [6, 6.07) is 13.4. The predicted molar refractivity (Wildman–Crippen MR) is 93.6 cm³/mol. The topological polar surface area (TPSA) is 41.6 Å². The Labute approximate surface area is 149 Å². The van der Waals surface area contributed by atoms with Crippen molar-refractivity contribution in [3.05, 3.63) is 54.1 Å². The van der Waals surface area contributed by atoms with Gasteiger partial charge >= 0.3 is 6.18 Å². The Hall–Kier alpha value is -2.70. The highest BCUT2D eigenvalue weighted by Gasteiger charge is 2.29. The van der Waals surface area contributed by atoms with Gasteiger partial charge in [-0.15, -0.1) is 0 Å². The summed E-state index contributed by atoms with van der Waals surface area (Å²) >= 11 is 0. The Morgan fingerprint density at radius 3 is 2.58 bits per heavy atom. The number of nitrogens with zero attached hydrogens (tertiary/aromatic N) is 1. The van der Waals surface area contributed by atoms with Crippen molar-refractivity contribution in [2.45, 2.75) is 25.6 Å². The zero-order chi connectivity index (χ0) is 18.7. The number of fused-ring (bicyclic) bond motifs is 1. The molecule has 0 saturated carbocycles. The van der Waals surface area contributed by atoms with E-state index < -0.39 is 18.8 Å². The molecule has 0 bridgehead atoms. The third-order valence-corrected chi connectivity index (χ3v) is 4.16. The van der Waals surface area contributed by atoms with Gasteiger partial charge in [-0.25, -0.2) is 0 Å². The maximum atomic E-state index is 12.7. The van der Waals surface area contributed by atoms with Gasteiger partial charge in [-0.3, -0.25) is 4.79 Å². The molecule has 2 aromatic carbocycles. The molecule has 1 unspecified atom stereocenters. The van der Waals surface area contributed by atoms with Crippen LogP contribution in [0.15, 0.2) is 48.5 Å². The lowest BCUT2D eigenvalue weighted by molar-refractivity contribution is -0.153. The molecule has 0 radical (unpaired) electrons. The monoisotopic (exact) mass is 364 g/mol. The van der Waals surface area contributed by atoms with E-state index in [2.05, 4.69) is 10.1 Å². The standard InChI is InChI=1S/C19H19F3N2O2/c1-13(18(25)24-11-10-14-4-2-3-5-17(14)24)23-15-6-8-16(9-7-15)26-12-19(20,21)22/h2-9,13,23H,10-12H2,1H3. The molecular formula is C19H19F3N2O2. The van der Waals surface area contributed by atoms with Gasteiger partial charge in [0.25, 0.3) is 0 Å². The van der Waals surface area contributed by atoms with Crippen molar-refractivity contribution in [3.8, 4) is 5.75 Å². The van der Waals surface area contributed by atoms with E-state index in [4.69, 9.17) is 0 Å². The van der Waals surface area contributed by atoms with Crippen molar-refractivity contribution < 1.29 is 22.7 Å². The molecule has 7 heteroatoms. The first-order valence-electron chi connectivity index (χ1n) is 8.29. The minimum atomic E-state index is -4.37. The summed E-state index contributed by atoms with van der Waals surface area (Å²) in [5, 5.41) is 3.08. The van der Waals surface area contributed by atoms with Crippen molar-refractivity contribution in [1.29, 1.82) is 0 Å². The number of carbonyl (C=O) groups is 1. The number of anilines is 2. The average molecular weight is 364 g/mol. The molecule has 1 heterocycles. The van der Waals surface area contributed by atoms with Gasteiger partial charge in [-0.05, 0) is 49.2 Å². The Morgan fingerprint density at radius 1 is 1.19 bits per heavy atom. The van der Waals surface area contributed by atoms with Gasteiger partial charge in [0, 0.05) is 17.9 Å². The van der Waals surface area contributed by atoms with Crippen molar-refractivity contribution in [2.24, 2.45) is 0 Å². The number of hydrogen-bond donors (Lipinski definition) is 1. The van der Waals surface area contributed by atoms with Crippen LogP contribution in [-0.4, -0.2) is 31.3 Å². The molecule has 0 saturated heterocycles. The summed E-state index contributed by atoms with van der Waals surface area (Å²) in [6.07, 6.45) is -3.54. The number of amides is 1. The Balaban J connectivity index is 1.59. The van der Waals surface area contributed by atoms with Crippen molar-refractivity contribution in [2.75, 3.05) is 23.4 Å². The zero-order valence-electron chi connectivity index (χ0n) is 14.2. The number of para-hydroxylation sites is 1. The SMILES string of the molecule is CC(Nc1ccc(OCC(F)(F)F)cc1)C(=O)N1CCc2ccccc21. The molecular weight excluding hydrogens is 345 g/mol. The number of rotatable bonds is 5. The van der Waals surface area contributed by atoms with Crippen molar-refractivity contribution in [3.63, 3.8) is 0 Å². The molecule has 2 aromatic rings. The van der Waals surface area contributed by atoms with E-state index in [1.54, 1.807) is 24.0 Å². The highest BCUT2D eigenvalue weighted by molar-refractivity contribution is 6.00. The summed E-state index contributed by atoms with van der Waals surface area (Å²) in [6.45, 7) is 1.08. The molecule has 1 amide bonds. The van der Waals surface area contributed by atoms with Crippen molar-refractivity contribution >= 4 is 17.3 Å². The molecule has 0 spiro atoms. The third kappa shape index (κ3) is 4.28. The summed E-state index contributed by atoms with van der Waals surface area (Å²) in [4.78, 5) is 14.5. The van der Waals surface area contributed by atoms with E-state index in [0.29, 0.717) is 12.2 Å².